The fourth-order valence-electron chi connectivity index (χ4n) is 4.66. The highest BCUT2D eigenvalue weighted by Crippen LogP contribution is 2.32. The van der Waals surface area contributed by atoms with E-state index in [1.807, 2.05) is 24.3 Å². The molecule has 10 heteroatoms. The van der Waals surface area contributed by atoms with Gasteiger partial charge in [-0.05, 0) is 76.3 Å². The van der Waals surface area contributed by atoms with Crippen molar-refractivity contribution in [3.05, 3.63) is 107 Å². The summed E-state index contributed by atoms with van der Waals surface area (Å²) in [5.74, 6) is 1.49. The van der Waals surface area contributed by atoms with Crippen molar-refractivity contribution in [1.82, 2.24) is 9.66 Å². The highest BCUT2D eigenvalue weighted by atomic mass is 79.9. The van der Waals surface area contributed by atoms with Gasteiger partial charge in [-0.1, -0.05) is 47.3 Å². The third kappa shape index (κ3) is 5.86. The van der Waals surface area contributed by atoms with Crippen molar-refractivity contribution in [2.24, 2.45) is 5.10 Å². The predicted octanol–water partition coefficient (Wildman–Crippen LogP) is 7.34. The number of hydrogen-bond donors (Lipinski definition) is 0. The molecule has 0 amide bonds. The van der Waals surface area contributed by atoms with Crippen molar-refractivity contribution in [2.75, 3.05) is 0 Å². The molecule has 0 aliphatic heterocycles. The Bertz CT molecular complexity index is 1600. The molecule has 8 nitrogen and oxygen atoms in total. The van der Waals surface area contributed by atoms with Gasteiger partial charge in [0, 0.05) is 22.5 Å². The zero-order chi connectivity index (χ0) is 26.6. The molecule has 1 heterocycles. The summed E-state index contributed by atoms with van der Waals surface area (Å²) in [5.41, 5.74) is 1.98. The van der Waals surface area contributed by atoms with Crippen LogP contribution in [0.15, 0.2) is 79.5 Å². The topological polar surface area (TPSA) is 99.6 Å². The smallest absolute Gasteiger partial charge is 0.282 e. The first-order chi connectivity index (χ1) is 18.4. The minimum Gasteiger partial charge on any atom is -0.488 e. The number of nitro benzene ring substituents is 1. The number of ether oxygens (including phenoxy) is 1. The number of benzene rings is 3. The number of non-ortho nitro benzene ring substituents is 1. The average molecular weight is 640 g/mol. The van der Waals surface area contributed by atoms with Crippen LogP contribution >= 0.6 is 31.9 Å². The van der Waals surface area contributed by atoms with E-state index in [0.717, 1.165) is 35.7 Å². The van der Waals surface area contributed by atoms with Crippen molar-refractivity contribution in [3.8, 4) is 5.75 Å². The number of rotatable bonds is 7. The van der Waals surface area contributed by atoms with Crippen LogP contribution in [0.25, 0.3) is 10.9 Å². The van der Waals surface area contributed by atoms with Crippen molar-refractivity contribution >= 4 is 54.7 Å². The number of nitrogens with zero attached hydrogens (tertiary/aromatic N) is 4. The Morgan fingerprint density at radius 1 is 1.08 bits per heavy atom. The van der Waals surface area contributed by atoms with Gasteiger partial charge in [-0.25, -0.2) is 4.98 Å². The molecule has 4 aromatic rings. The summed E-state index contributed by atoms with van der Waals surface area (Å²) < 4.78 is 8.83. The number of halogens is 2. The Labute approximate surface area is 235 Å². The molecule has 1 aromatic heterocycles. The van der Waals surface area contributed by atoms with Gasteiger partial charge in [0.15, 0.2) is 0 Å². The highest BCUT2D eigenvalue weighted by Gasteiger charge is 2.22. The summed E-state index contributed by atoms with van der Waals surface area (Å²) >= 11 is 6.99. The second kappa shape index (κ2) is 11.6. The van der Waals surface area contributed by atoms with Crippen molar-refractivity contribution < 1.29 is 9.66 Å². The monoisotopic (exact) mass is 638 g/mol. The van der Waals surface area contributed by atoms with Crippen molar-refractivity contribution in [2.45, 2.75) is 44.6 Å². The number of aromatic nitrogens is 2. The van der Waals surface area contributed by atoms with Crippen LogP contribution in [0.1, 0.15) is 55.0 Å². The summed E-state index contributed by atoms with van der Waals surface area (Å²) in [6, 6.07) is 17.4. The molecule has 3 aromatic carbocycles. The average Bonchev–Trinajstić information content (AvgIpc) is 2.93. The lowest BCUT2D eigenvalue weighted by Gasteiger charge is -2.22. The van der Waals surface area contributed by atoms with E-state index in [4.69, 9.17) is 9.72 Å². The Morgan fingerprint density at radius 2 is 1.89 bits per heavy atom. The second-order valence-corrected chi connectivity index (χ2v) is 11.0. The van der Waals surface area contributed by atoms with Gasteiger partial charge in [0.25, 0.3) is 11.2 Å². The predicted molar refractivity (Wildman–Crippen MR) is 154 cm³/mol. The SMILES string of the molecule is O=c1c2cc(Br)ccc2nc(C2CCCCC2)n1N=Cc1ccc(OCc2cccc([N+](=O)[O-])c2)c(Br)c1. The third-order valence-electron chi connectivity index (χ3n) is 6.60. The van der Waals surface area contributed by atoms with Crippen LogP contribution < -0.4 is 10.3 Å². The van der Waals surface area contributed by atoms with Crippen LogP contribution in [0.2, 0.25) is 0 Å². The molecule has 0 atom stereocenters. The molecule has 1 fully saturated rings. The van der Waals surface area contributed by atoms with E-state index in [1.165, 1.54) is 23.2 Å². The van der Waals surface area contributed by atoms with Gasteiger partial charge in [-0.15, -0.1) is 0 Å². The van der Waals surface area contributed by atoms with Gasteiger partial charge in [0.05, 0.1) is 26.5 Å². The lowest BCUT2D eigenvalue weighted by Crippen LogP contribution is -2.25. The molecule has 0 unspecified atom stereocenters. The number of nitro groups is 1. The van der Waals surface area contributed by atoms with Gasteiger partial charge >= 0.3 is 0 Å². The van der Waals surface area contributed by atoms with E-state index in [1.54, 1.807) is 30.5 Å². The molecule has 1 saturated carbocycles. The summed E-state index contributed by atoms with van der Waals surface area (Å²) in [4.78, 5) is 28.9. The lowest BCUT2D eigenvalue weighted by molar-refractivity contribution is -0.384. The lowest BCUT2D eigenvalue weighted by atomic mass is 9.88. The molecule has 0 spiro atoms. The van der Waals surface area contributed by atoms with Crippen molar-refractivity contribution in [3.63, 3.8) is 0 Å². The maximum atomic E-state index is 13.5. The maximum absolute atomic E-state index is 13.5. The summed E-state index contributed by atoms with van der Waals surface area (Å²) in [5, 5.41) is 16.1. The molecule has 5 rings (SSSR count). The first kappa shape index (κ1) is 26.2. The minimum absolute atomic E-state index is 0.0232. The van der Waals surface area contributed by atoms with Gasteiger partial charge < -0.3 is 4.74 Å². The zero-order valence-electron chi connectivity index (χ0n) is 20.3. The standard InChI is InChI=1S/C28H24Br2N4O4/c29-21-10-11-25-23(15-21)28(35)33(27(32-25)20-6-2-1-3-7-20)31-16-18-9-12-26(24(30)14-18)38-17-19-5-4-8-22(13-19)34(36)37/h4-5,8-16,20H,1-3,6-7,17H2. The fourth-order valence-corrected chi connectivity index (χ4v) is 5.53. The fraction of sp³-hybridized carbons (Fsp3) is 0.250. The Balaban J connectivity index is 1.41. The Kier molecular flexibility index (Phi) is 7.99. The summed E-state index contributed by atoms with van der Waals surface area (Å²) in [7, 11) is 0. The molecule has 0 saturated heterocycles. The third-order valence-corrected chi connectivity index (χ3v) is 7.71. The molecule has 1 aliphatic rings. The molecular formula is C28H24Br2N4O4. The van der Waals surface area contributed by atoms with E-state index >= 15 is 0 Å². The largest absolute Gasteiger partial charge is 0.488 e. The molecule has 0 radical (unpaired) electrons. The van der Waals surface area contributed by atoms with Crippen LogP contribution in [0, 0.1) is 10.1 Å². The van der Waals surface area contributed by atoms with Gasteiger partial charge in [-0.3, -0.25) is 14.9 Å². The quantitative estimate of drug-likeness (QED) is 0.120. The Morgan fingerprint density at radius 3 is 2.66 bits per heavy atom. The highest BCUT2D eigenvalue weighted by molar-refractivity contribution is 9.10. The second-order valence-electron chi connectivity index (χ2n) is 9.23. The van der Waals surface area contributed by atoms with Crippen LogP contribution in [-0.4, -0.2) is 20.8 Å². The van der Waals surface area contributed by atoms with Crippen LogP contribution in [-0.2, 0) is 6.61 Å². The molecule has 1 aliphatic carbocycles. The van der Waals surface area contributed by atoms with E-state index in [0.29, 0.717) is 32.5 Å². The van der Waals surface area contributed by atoms with Crippen LogP contribution in [0.4, 0.5) is 5.69 Å². The molecular weight excluding hydrogens is 616 g/mol. The zero-order valence-corrected chi connectivity index (χ0v) is 23.5. The van der Waals surface area contributed by atoms with Gasteiger partial charge in [0.2, 0.25) is 0 Å². The molecule has 0 bridgehead atoms. The minimum atomic E-state index is -0.428. The summed E-state index contributed by atoms with van der Waals surface area (Å²) in [6.07, 6.45) is 7.07. The molecule has 0 N–H and O–H groups in total. The molecule has 194 valence electrons. The van der Waals surface area contributed by atoms with Crippen molar-refractivity contribution in [1.29, 1.82) is 0 Å². The maximum Gasteiger partial charge on any atom is 0.282 e. The number of hydrogen-bond acceptors (Lipinski definition) is 6. The number of fused-ring (bicyclic) bond motifs is 1. The van der Waals surface area contributed by atoms with Crippen LogP contribution in [0.3, 0.4) is 0 Å². The van der Waals surface area contributed by atoms with Gasteiger partial charge in [0.1, 0.15) is 18.2 Å². The normalized spacial score (nSPS) is 14.3. The summed E-state index contributed by atoms with van der Waals surface area (Å²) in [6.45, 7) is 0.187. The Hall–Kier alpha value is -3.37. The van der Waals surface area contributed by atoms with E-state index in [-0.39, 0.29) is 23.8 Å². The molecule has 38 heavy (non-hydrogen) atoms. The first-order valence-corrected chi connectivity index (χ1v) is 13.9. The van der Waals surface area contributed by atoms with E-state index < -0.39 is 4.92 Å². The van der Waals surface area contributed by atoms with Gasteiger partial charge in [-0.2, -0.15) is 9.78 Å². The van der Waals surface area contributed by atoms with E-state index in [9.17, 15) is 14.9 Å². The van der Waals surface area contributed by atoms with E-state index in [2.05, 4.69) is 37.0 Å². The van der Waals surface area contributed by atoms with Crippen LogP contribution in [0.5, 0.6) is 5.75 Å². The first-order valence-electron chi connectivity index (χ1n) is 12.3.